The number of carbonyl (C=O) groups excluding carboxylic acids is 1. The molecule has 1 atom stereocenters. The molecule has 0 aliphatic rings. The Balaban J connectivity index is 2.84. The van der Waals surface area contributed by atoms with Crippen molar-refractivity contribution in [2.75, 3.05) is 7.11 Å². The van der Waals surface area contributed by atoms with Gasteiger partial charge in [-0.2, -0.15) is 0 Å². The largest absolute Gasteiger partial charge is 0.468 e. The number of hydrogen-bond donors (Lipinski definition) is 1. The molecular weight excluding hydrogens is 224 g/mol. The van der Waals surface area contributed by atoms with Gasteiger partial charge in [0.25, 0.3) is 5.69 Å². The van der Waals surface area contributed by atoms with E-state index in [-0.39, 0.29) is 5.69 Å². The first kappa shape index (κ1) is 13.1. The van der Waals surface area contributed by atoms with Crippen molar-refractivity contribution in [2.24, 2.45) is 5.73 Å². The molecule has 6 heteroatoms. The van der Waals surface area contributed by atoms with Crippen LogP contribution in [-0.4, -0.2) is 24.0 Å². The number of aryl methyl sites for hydroxylation is 1. The van der Waals surface area contributed by atoms with Crippen LogP contribution in [0.25, 0.3) is 0 Å². The third kappa shape index (κ3) is 3.25. The maximum absolute atomic E-state index is 11.1. The standard InChI is InChI=1S/C11H14N2O4/c1-7-5-8(3-4-10(7)13(15)16)6-9(12)11(14)17-2/h3-5,9H,6,12H2,1-2H3/t9-/m0/s1. The molecule has 1 aromatic carbocycles. The molecule has 0 spiro atoms. The van der Waals surface area contributed by atoms with Crippen molar-refractivity contribution in [1.82, 2.24) is 0 Å². The smallest absolute Gasteiger partial charge is 0.322 e. The summed E-state index contributed by atoms with van der Waals surface area (Å²) >= 11 is 0. The SMILES string of the molecule is COC(=O)[C@@H](N)Cc1ccc([N+](=O)[O-])c(C)c1. The summed E-state index contributed by atoms with van der Waals surface area (Å²) in [5.74, 6) is -0.499. The summed E-state index contributed by atoms with van der Waals surface area (Å²) in [5.41, 5.74) is 6.97. The van der Waals surface area contributed by atoms with Gasteiger partial charge in [0, 0.05) is 11.6 Å². The van der Waals surface area contributed by atoms with Gasteiger partial charge in [-0.15, -0.1) is 0 Å². The Morgan fingerprint density at radius 3 is 2.71 bits per heavy atom. The minimum atomic E-state index is -0.749. The topological polar surface area (TPSA) is 95.5 Å². The average Bonchev–Trinajstić information content (AvgIpc) is 2.27. The molecule has 0 unspecified atom stereocenters. The number of carbonyl (C=O) groups is 1. The maximum atomic E-state index is 11.1. The van der Waals surface area contributed by atoms with Crippen LogP contribution in [0.3, 0.4) is 0 Å². The minimum Gasteiger partial charge on any atom is -0.468 e. The Hall–Kier alpha value is -1.95. The second kappa shape index (κ2) is 5.40. The highest BCUT2D eigenvalue weighted by Gasteiger charge is 2.16. The number of ether oxygens (including phenoxy) is 1. The van der Waals surface area contributed by atoms with Crippen molar-refractivity contribution in [1.29, 1.82) is 0 Å². The first-order valence-electron chi connectivity index (χ1n) is 5.03. The van der Waals surface area contributed by atoms with E-state index in [2.05, 4.69) is 4.74 Å². The lowest BCUT2D eigenvalue weighted by atomic mass is 10.0. The molecular formula is C11H14N2O4. The van der Waals surface area contributed by atoms with Crippen molar-refractivity contribution < 1.29 is 14.5 Å². The summed E-state index contributed by atoms with van der Waals surface area (Å²) in [6.45, 7) is 1.64. The fraction of sp³-hybridized carbons (Fsp3) is 0.364. The van der Waals surface area contributed by atoms with Crippen molar-refractivity contribution in [3.63, 3.8) is 0 Å². The van der Waals surface area contributed by atoms with Crippen LogP contribution in [-0.2, 0) is 16.0 Å². The highest BCUT2D eigenvalue weighted by atomic mass is 16.6. The fourth-order valence-corrected chi connectivity index (χ4v) is 1.54. The molecule has 0 saturated carbocycles. The summed E-state index contributed by atoms with van der Waals surface area (Å²) in [7, 11) is 1.27. The van der Waals surface area contributed by atoms with Gasteiger partial charge in [-0.3, -0.25) is 14.9 Å². The molecule has 17 heavy (non-hydrogen) atoms. The number of hydrogen-bond acceptors (Lipinski definition) is 5. The van der Waals surface area contributed by atoms with E-state index in [1.807, 2.05) is 0 Å². The summed E-state index contributed by atoms with van der Waals surface area (Å²) < 4.78 is 4.50. The molecule has 6 nitrogen and oxygen atoms in total. The molecule has 0 heterocycles. The molecule has 0 aliphatic heterocycles. The van der Waals surface area contributed by atoms with E-state index in [1.54, 1.807) is 19.1 Å². The zero-order valence-electron chi connectivity index (χ0n) is 9.67. The first-order chi connectivity index (χ1) is 7.95. The van der Waals surface area contributed by atoms with Gasteiger partial charge < -0.3 is 10.5 Å². The van der Waals surface area contributed by atoms with Gasteiger partial charge in [0.05, 0.1) is 12.0 Å². The number of methoxy groups -OCH3 is 1. The number of nitro benzene ring substituents is 1. The van der Waals surface area contributed by atoms with E-state index in [1.165, 1.54) is 13.2 Å². The molecule has 0 amide bonds. The lowest BCUT2D eigenvalue weighted by Gasteiger charge is -2.09. The highest BCUT2D eigenvalue weighted by molar-refractivity contribution is 5.75. The van der Waals surface area contributed by atoms with Crippen molar-refractivity contribution >= 4 is 11.7 Å². The van der Waals surface area contributed by atoms with Gasteiger partial charge in [0.1, 0.15) is 6.04 Å². The van der Waals surface area contributed by atoms with E-state index >= 15 is 0 Å². The quantitative estimate of drug-likeness (QED) is 0.478. The van der Waals surface area contributed by atoms with Gasteiger partial charge in [0.15, 0.2) is 0 Å². The van der Waals surface area contributed by atoms with Crippen LogP contribution >= 0.6 is 0 Å². The van der Waals surface area contributed by atoms with E-state index in [4.69, 9.17) is 5.73 Å². The Labute approximate surface area is 98.5 Å². The Morgan fingerprint density at radius 1 is 1.59 bits per heavy atom. The number of nitro groups is 1. The molecule has 0 aromatic heterocycles. The molecule has 2 N–H and O–H groups in total. The van der Waals surface area contributed by atoms with Crippen LogP contribution in [0.5, 0.6) is 0 Å². The predicted octanol–water partition coefficient (Wildman–Crippen LogP) is 0.946. The molecule has 92 valence electrons. The summed E-state index contributed by atoms with van der Waals surface area (Å²) in [4.78, 5) is 21.3. The second-order valence-electron chi connectivity index (χ2n) is 3.71. The van der Waals surface area contributed by atoms with Crippen LogP contribution in [0, 0.1) is 17.0 Å². The van der Waals surface area contributed by atoms with Gasteiger partial charge in [-0.05, 0) is 25.0 Å². The zero-order valence-corrected chi connectivity index (χ0v) is 9.67. The molecule has 0 aliphatic carbocycles. The Kier molecular flexibility index (Phi) is 4.17. The van der Waals surface area contributed by atoms with Gasteiger partial charge in [-0.25, -0.2) is 0 Å². The number of benzene rings is 1. The number of esters is 1. The van der Waals surface area contributed by atoms with Crippen LogP contribution in [0.15, 0.2) is 18.2 Å². The number of nitrogens with zero attached hydrogens (tertiary/aromatic N) is 1. The van der Waals surface area contributed by atoms with Gasteiger partial charge in [-0.1, -0.05) is 6.07 Å². The minimum absolute atomic E-state index is 0.0559. The van der Waals surface area contributed by atoms with E-state index in [0.717, 1.165) is 5.56 Å². The summed E-state index contributed by atoms with van der Waals surface area (Å²) in [6.07, 6.45) is 0.297. The van der Waals surface area contributed by atoms with E-state index < -0.39 is 16.9 Å². The zero-order chi connectivity index (χ0) is 13.0. The summed E-state index contributed by atoms with van der Waals surface area (Å²) in [5, 5.41) is 10.6. The van der Waals surface area contributed by atoms with Crippen LogP contribution in [0.1, 0.15) is 11.1 Å². The summed E-state index contributed by atoms with van der Waals surface area (Å²) in [6, 6.07) is 3.91. The third-order valence-corrected chi connectivity index (χ3v) is 2.42. The number of nitrogens with two attached hydrogens (primary N) is 1. The highest BCUT2D eigenvalue weighted by Crippen LogP contribution is 2.19. The second-order valence-corrected chi connectivity index (χ2v) is 3.71. The van der Waals surface area contributed by atoms with Crippen molar-refractivity contribution in [2.45, 2.75) is 19.4 Å². The van der Waals surface area contributed by atoms with E-state index in [0.29, 0.717) is 12.0 Å². The monoisotopic (exact) mass is 238 g/mol. The number of rotatable bonds is 4. The van der Waals surface area contributed by atoms with Crippen molar-refractivity contribution in [3.8, 4) is 0 Å². The molecule has 0 bridgehead atoms. The first-order valence-corrected chi connectivity index (χ1v) is 5.03. The maximum Gasteiger partial charge on any atom is 0.322 e. The third-order valence-electron chi connectivity index (χ3n) is 2.42. The molecule has 0 fully saturated rings. The van der Waals surface area contributed by atoms with Crippen molar-refractivity contribution in [3.05, 3.63) is 39.4 Å². The van der Waals surface area contributed by atoms with Gasteiger partial charge >= 0.3 is 5.97 Å². The lowest BCUT2D eigenvalue weighted by molar-refractivity contribution is -0.385. The predicted molar refractivity (Wildman–Crippen MR) is 61.5 cm³/mol. The lowest BCUT2D eigenvalue weighted by Crippen LogP contribution is -2.33. The van der Waals surface area contributed by atoms with Crippen LogP contribution < -0.4 is 5.73 Å². The normalized spacial score (nSPS) is 11.9. The van der Waals surface area contributed by atoms with Crippen LogP contribution in [0.2, 0.25) is 0 Å². The van der Waals surface area contributed by atoms with Crippen LogP contribution in [0.4, 0.5) is 5.69 Å². The molecule has 0 saturated heterocycles. The Bertz CT molecular complexity index is 445. The molecule has 0 radical (unpaired) electrons. The van der Waals surface area contributed by atoms with E-state index in [9.17, 15) is 14.9 Å². The van der Waals surface area contributed by atoms with Gasteiger partial charge in [0.2, 0.25) is 0 Å². The molecule has 1 aromatic rings. The molecule has 1 rings (SSSR count). The Morgan fingerprint density at radius 2 is 2.24 bits per heavy atom. The average molecular weight is 238 g/mol. The fourth-order valence-electron chi connectivity index (χ4n) is 1.54.